The van der Waals surface area contributed by atoms with E-state index in [1.165, 1.54) is 11.3 Å². The lowest BCUT2D eigenvalue weighted by Crippen LogP contribution is -2.28. The normalized spacial score (nSPS) is 16.6. The van der Waals surface area contributed by atoms with Gasteiger partial charge in [0.25, 0.3) is 0 Å². The maximum atomic E-state index is 12.8. The minimum atomic E-state index is -0.385. The van der Waals surface area contributed by atoms with E-state index >= 15 is 0 Å². The Morgan fingerprint density at radius 2 is 2.00 bits per heavy atom. The quantitative estimate of drug-likeness (QED) is 0.726. The molecule has 2 aromatic heterocycles. The number of carbonyl (C=O) groups excluding carboxylic acids is 2. The standard InChI is InChI=1S/C20H20N4O3S/c1-11-4-6-15(7-5-11)24-10-14(8-18(24)25)20(26)22-16-9-17(28-12(16)2)19-21-13(3)27-23-19/h4-7,9,14H,8,10H2,1-3H3,(H,22,26)/t14-/m0/s1. The van der Waals surface area contributed by atoms with Crippen LogP contribution in [0, 0.1) is 26.7 Å². The van der Waals surface area contributed by atoms with Crippen molar-refractivity contribution < 1.29 is 14.1 Å². The molecular weight excluding hydrogens is 376 g/mol. The maximum Gasteiger partial charge on any atom is 0.229 e. The van der Waals surface area contributed by atoms with Crippen LogP contribution in [-0.2, 0) is 9.59 Å². The van der Waals surface area contributed by atoms with E-state index in [-0.39, 0.29) is 24.2 Å². The van der Waals surface area contributed by atoms with Crippen molar-refractivity contribution in [2.24, 2.45) is 5.92 Å². The van der Waals surface area contributed by atoms with Crippen molar-refractivity contribution in [3.63, 3.8) is 0 Å². The van der Waals surface area contributed by atoms with Gasteiger partial charge < -0.3 is 14.7 Å². The van der Waals surface area contributed by atoms with Crippen LogP contribution in [0.5, 0.6) is 0 Å². The number of thiophene rings is 1. The van der Waals surface area contributed by atoms with Gasteiger partial charge in [0.2, 0.25) is 23.5 Å². The molecule has 1 aliphatic heterocycles. The molecule has 3 aromatic rings. The van der Waals surface area contributed by atoms with Crippen LogP contribution >= 0.6 is 11.3 Å². The fourth-order valence-corrected chi connectivity index (χ4v) is 4.11. The van der Waals surface area contributed by atoms with Crippen molar-refractivity contribution in [3.05, 3.63) is 46.7 Å². The molecule has 4 rings (SSSR count). The predicted octanol–water partition coefficient (Wildman–Crippen LogP) is 3.71. The summed E-state index contributed by atoms with van der Waals surface area (Å²) in [5.41, 5.74) is 2.67. The summed E-state index contributed by atoms with van der Waals surface area (Å²) in [5.74, 6) is 0.428. The molecule has 0 saturated carbocycles. The highest BCUT2D eigenvalue weighted by Crippen LogP contribution is 2.34. The molecule has 1 aromatic carbocycles. The number of nitrogens with zero attached hydrogens (tertiary/aromatic N) is 3. The Kier molecular flexibility index (Phi) is 4.72. The number of rotatable bonds is 4. The Bertz CT molecular complexity index is 1040. The van der Waals surface area contributed by atoms with Crippen LogP contribution in [0.25, 0.3) is 10.7 Å². The minimum absolute atomic E-state index is 0.0333. The molecule has 2 amide bonds. The SMILES string of the molecule is Cc1ccc(N2C[C@@H](C(=O)Nc3cc(-c4noc(C)n4)sc3C)CC2=O)cc1. The van der Waals surface area contributed by atoms with E-state index in [1.807, 2.05) is 44.2 Å². The second-order valence-electron chi connectivity index (χ2n) is 6.95. The molecule has 144 valence electrons. The molecule has 0 aliphatic carbocycles. The van der Waals surface area contributed by atoms with E-state index in [0.717, 1.165) is 21.0 Å². The summed E-state index contributed by atoms with van der Waals surface area (Å²) in [4.78, 5) is 32.8. The van der Waals surface area contributed by atoms with Crippen LogP contribution in [-0.4, -0.2) is 28.5 Å². The van der Waals surface area contributed by atoms with Crippen molar-refractivity contribution >= 4 is 34.5 Å². The number of benzene rings is 1. The first kappa shape index (κ1) is 18.4. The Morgan fingerprint density at radius 1 is 1.25 bits per heavy atom. The van der Waals surface area contributed by atoms with Crippen LogP contribution in [0.4, 0.5) is 11.4 Å². The van der Waals surface area contributed by atoms with Crippen LogP contribution in [0.2, 0.25) is 0 Å². The van der Waals surface area contributed by atoms with Gasteiger partial charge in [-0.3, -0.25) is 9.59 Å². The van der Waals surface area contributed by atoms with E-state index in [1.54, 1.807) is 11.8 Å². The molecule has 0 bridgehead atoms. The van der Waals surface area contributed by atoms with Gasteiger partial charge in [0, 0.05) is 30.5 Å². The van der Waals surface area contributed by atoms with Gasteiger partial charge in [-0.25, -0.2) is 0 Å². The molecule has 28 heavy (non-hydrogen) atoms. The monoisotopic (exact) mass is 396 g/mol. The zero-order chi connectivity index (χ0) is 19.8. The first-order chi connectivity index (χ1) is 13.4. The summed E-state index contributed by atoms with van der Waals surface area (Å²) in [5, 5.41) is 6.87. The average molecular weight is 396 g/mol. The zero-order valence-corrected chi connectivity index (χ0v) is 16.7. The van der Waals surface area contributed by atoms with Crippen molar-refractivity contribution in [1.82, 2.24) is 10.1 Å². The number of hydrogen-bond donors (Lipinski definition) is 1. The third-order valence-corrected chi connectivity index (χ3v) is 5.81. The maximum absolute atomic E-state index is 12.8. The van der Waals surface area contributed by atoms with Crippen LogP contribution in [0.1, 0.15) is 22.8 Å². The summed E-state index contributed by atoms with van der Waals surface area (Å²) in [6, 6.07) is 9.60. The second kappa shape index (κ2) is 7.20. The van der Waals surface area contributed by atoms with Gasteiger partial charge in [0.15, 0.2) is 0 Å². The number of anilines is 2. The van der Waals surface area contributed by atoms with Gasteiger partial charge in [-0.1, -0.05) is 22.9 Å². The van der Waals surface area contributed by atoms with Crippen LogP contribution in [0.3, 0.4) is 0 Å². The van der Waals surface area contributed by atoms with Crippen molar-refractivity contribution in [3.8, 4) is 10.7 Å². The molecule has 1 N–H and O–H groups in total. The van der Waals surface area contributed by atoms with Crippen LogP contribution < -0.4 is 10.2 Å². The molecular formula is C20H20N4O3S. The number of nitrogens with one attached hydrogen (secondary N) is 1. The van der Waals surface area contributed by atoms with E-state index in [4.69, 9.17) is 4.52 Å². The van der Waals surface area contributed by atoms with Gasteiger partial charge in [0.05, 0.1) is 16.5 Å². The van der Waals surface area contributed by atoms with E-state index in [9.17, 15) is 9.59 Å². The molecule has 8 heteroatoms. The lowest BCUT2D eigenvalue weighted by Gasteiger charge is -2.17. The van der Waals surface area contributed by atoms with Crippen LogP contribution in [0.15, 0.2) is 34.9 Å². The second-order valence-corrected chi connectivity index (χ2v) is 8.20. The summed E-state index contributed by atoms with van der Waals surface area (Å²) in [7, 11) is 0. The first-order valence-electron chi connectivity index (χ1n) is 8.99. The molecule has 1 aliphatic rings. The summed E-state index contributed by atoms with van der Waals surface area (Å²) in [6.45, 7) is 6.04. The van der Waals surface area contributed by atoms with Gasteiger partial charge in [-0.05, 0) is 32.0 Å². The first-order valence-corrected chi connectivity index (χ1v) is 9.81. The molecule has 3 heterocycles. The average Bonchev–Trinajstić information content (AvgIpc) is 3.35. The molecule has 0 radical (unpaired) electrons. The summed E-state index contributed by atoms with van der Waals surface area (Å²) in [6.07, 6.45) is 0.208. The number of amides is 2. The van der Waals surface area contributed by atoms with Gasteiger partial charge in [0.1, 0.15) is 0 Å². The Hall–Kier alpha value is -3.00. The highest BCUT2D eigenvalue weighted by molar-refractivity contribution is 7.16. The molecule has 1 saturated heterocycles. The van der Waals surface area contributed by atoms with Crippen molar-refractivity contribution in [2.75, 3.05) is 16.8 Å². The van der Waals surface area contributed by atoms with Gasteiger partial charge in [-0.2, -0.15) is 4.98 Å². The lowest BCUT2D eigenvalue weighted by molar-refractivity contribution is -0.122. The molecule has 1 atom stereocenters. The van der Waals surface area contributed by atoms with Crippen molar-refractivity contribution in [2.45, 2.75) is 27.2 Å². The summed E-state index contributed by atoms with van der Waals surface area (Å²) >= 11 is 1.49. The fourth-order valence-electron chi connectivity index (χ4n) is 3.21. The highest BCUT2D eigenvalue weighted by atomic mass is 32.1. The minimum Gasteiger partial charge on any atom is -0.339 e. The van der Waals surface area contributed by atoms with Gasteiger partial charge >= 0.3 is 0 Å². The molecule has 7 nitrogen and oxygen atoms in total. The zero-order valence-electron chi connectivity index (χ0n) is 15.9. The highest BCUT2D eigenvalue weighted by Gasteiger charge is 2.35. The number of aryl methyl sites for hydroxylation is 3. The topological polar surface area (TPSA) is 88.3 Å². The third kappa shape index (κ3) is 3.55. The summed E-state index contributed by atoms with van der Waals surface area (Å²) < 4.78 is 5.02. The third-order valence-electron chi connectivity index (χ3n) is 4.77. The van der Waals surface area contributed by atoms with Gasteiger partial charge in [-0.15, -0.1) is 11.3 Å². The smallest absolute Gasteiger partial charge is 0.229 e. The fraction of sp³-hybridized carbons (Fsp3) is 0.300. The van der Waals surface area contributed by atoms with Crippen molar-refractivity contribution in [1.29, 1.82) is 0 Å². The number of hydrogen-bond acceptors (Lipinski definition) is 6. The molecule has 0 spiro atoms. The largest absolute Gasteiger partial charge is 0.339 e. The number of aromatic nitrogens is 2. The Balaban J connectivity index is 1.46. The Morgan fingerprint density at radius 3 is 2.68 bits per heavy atom. The predicted molar refractivity (Wildman–Crippen MR) is 107 cm³/mol. The molecule has 1 fully saturated rings. The number of carbonyl (C=O) groups is 2. The molecule has 0 unspecified atom stereocenters. The van der Waals surface area contributed by atoms with E-state index in [2.05, 4.69) is 15.5 Å². The Labute approximate surface area is 166 Å². The van der Waals surface area contributed by atoms with E-state index < -0.39 is 0 Å². The van der Waals surface area contributed by atoms with E-state index in [0.29, 0.717) is 23.9 Å². The lowest BCUT2D eigenvalue weighted by atomic mass is 10.1.